The molecule has 2 rings (SSSR count). The van der Waals surface area contributed by atoms with Crippen LogP contribution in [0.25, 0.3) is 0 Å². The van der Waals surface area contributed by atoms with E-state index >= 15 is 0 Å². The highest BCUT2D eigenvalue weighted by molar-refractivity contribution is 5.39. The first kappa shape index (κ1) is 13.2. The lowest BCUT2D eigenvalue weighted by molar-refractivity contribution is 0.306. The van der Waals surface area contributed by atoms with Gasteiger partial charge in [0.2, 0.25) is 0 Å². The smallest absolute Gasteiger partial charge is 0.121 e. The Morgan fingerprint density at radius 3 is 3.05 bits per heavy atom. The maximum absolute atomic E-state index is 5.72. The molecule has 0 fully saturated rings. The Labute approximate surface area is 113 Å². The molecule has 0 aliphatic rings. The molecular formula is C15H17N3O. The van der Waals surface area contributed by atoms with Gasteiger partial charge in [0.25, 0.3) is 0 Å². The second-order valence-corrected chi connectivity index (χ2v) is 4.03. The minimum absolute atomic E-state index is 0.362. The number of nitrogens with zero attached hydrogens (tertiary/aromatic N) is 2. The average Bonchev–Trinajstić information content (AvgIpc) is 2.91. The lowest BCUT2D eigenvalue weighted by Crippen LogP contribution is -1.96. The molecule has 0 bridgehead atoms. The number of aromatic nitrogens is 2. The van der Waals surface area contributed by atoms with Crippen LogP contribution in [0.5, 0.6) is 5.75 Å². The first-order chi connectivity index (χ1) is 9.31. The van der Waals surface area contributed by atoms with Crippen LogP contribution in [0, 0.1) is 11.8 Å². The topological polar surface area (TPSA) is 53.1 Å². The third-order valence-corrected chi connectivity index (χ3v) is 2.59. The van der Waals surface area contributed by atoms with Gasteiger partial charge in [-0.1, -0.05) is 17.9 Å². The molecule has 0 aliphatic heterocycles. The molecule has 4 nitrogen and oxygen atoms in total. The fourth-order valence-electron chi connectivity index (χ4n) is 1.64. The van der Waals surface area contributed by atoms with Crippen LogP contribution < -0.4 is 10.5 Å². The molecule has 0 aliphatic carbocycles. The van der Waals surface area contributed by atoms with Gasteiger partial charge in [0.15, 0.2) is 0 Å². The van der Waals surface area contributed by atoms with E-state index in [1.165, 1.54) is 0 Å². The highest BCUT2D eigenvalue weighted by Gasteiger charge is 1.99. The maximum Gasteiger partial charge on any atom is 0.121 e. The summed E-state index contributed by atoms with van der Waals surface area (Å²) in [4.78, 5) is 0. The van der Waals surface area contributed by atoms with Crippen molar-refractivity contribution in [2.75, 3.05) is 6.54 Å². The van der Waals surface area contributed by atoms with E-state index in [4.69, 9.17) is 10.5 Å². The van der Waals surface area contributed by atoms with E-state index in [1.807, 2.05) is 41.3 Å². The highest BCUT2D eigenvalue weighted by atomic mass is 16.5. The molecule has 1 aromatic carbocycles. The van der Waals surface area contributed by atoms with Crippen LogP contribution in [0.4, 0.5) is 0 Å². The van der Waals surface area contributed by atoms with Gasteiger partial charge in [0.1, 0.15) is 12.4 Å². The standard InChI is InChI=1S/C15H17N3O/c1-2-18-11-14(10-17-18)12-19-15-7-3-5-13(9-15)6-4-8-16/h3,5,7,9-11H,2,8,12,16H2,1H3. The molecule has 0 spiro atoms. The number of benzene rings is 1. The molecule has 2 aromatic rings. The Morgan fingerprint density at radius 2 is 2.32 bits per heavy atom. The SMILES string of the molecule is CCn1cc(COc2cccc(C#CCN)c2)cn1. The maximum atomic E-state index is 5.72. The summed E-state index contributed by atoms with van der Waals surface area (Å²) in [5, 5.41) is 4.21. The highest BCUT2D eigenvalue weighted by Crippen LogP contribution is 2.14. The minimum Gasteiger partial charge on any atom is -0.489 e. The van der Waals surface area contributed by atoms with Crippen LogP contribution in [0.3, 0.4) is 0 Å². The molecule has 2 N–H and O–H groups in total. The van der Waals surface area contributed by atoms with Crippen LogP contribution in [-0.4, -0.2) is 16.3 Å². The zero-order chi connectivity index (χ0) is 13.5. The lowest BCUT2D eigenvalue weighted by Gasteiger charge is -2.04. The average molecular weight is 255 g/mol. The summed E-state index contributed by atoms with van der Waals surface area (Å²) in [5.41, 5.74) is 7.32. The molecule has 0 atom stereocenters. The summed E-state index contributed by atoms with van der Waals surface area (Å²) in [7, 11) is 0. The van der Waals surface area contributed by atoms with Gasteiger partial charge in [-0.05, 0) is 25.1 Å². The molecule has 1 aromatic heterocycles. The summed E-state index contributed by atoms with van der Waals surface area (Å²) >= 11 is 0. The lowest BCUT2D eigenvalue weighted by atomic mass is 10.2. The van der Waals surface area contributed by atoms with Crippen molar-refractivity contribution >= 4 is 0 Å². The van der Waals surface area contributed by atoms with E-state index in [2.05, 4.69) is 23.9 Å². The molecule has 0 unspecified atom stereocenters. The van der Waals surface area contributed by atoms with Crippen molar-refractivity contribution in [2.24, 2.45) is 5.73 Å². The van der Waals surface area contributed by atoms with Crippen molar-refractivity contribution in [3.8, 4) is 17.6 Å². The number of rotatable bonds is 4. The summed E-state index contributed by atoms with van der Waals surface area (Å²) in [6.07, 6.45) is 3.81. The van der Waals surface area contributed by atoms with E-state index in [1.54, 1.807) is 0 Å². The number of hydrogen-bond donors (Lipinski definition) is 1. The number of nitrogens with two attached hydrogens (primary N) is 1. The number of ether oxygens (including phenoxy) is 1. The van der Waals surface area contributed by atoms with Gasteiger partial charge in [-0.3, -0.25) is 4.68 Å². The normalized spacial score (nSPS) is 9.79. The Morgan fingerprint density at radius 1 is 1.42 bits per heavy atom. The van der Waals surface area contributed by atoms with E-state index in [0.29, 0.717) is 13.2 Å². The van der Waals surface area contributed by atoms with Crippen molar-refractivity contribution < 1.29 is 4.74 Å². The Kier molecular flexibility index (Phi) is 4.60. The summed E-state index contributed by atoms with van der Waals surface area (Å²) in [5.74, 6) is 6.61. The second-order valence-electron chi connectivity index (χ2n) is 4.03. The van der Waals surface area contributed by atoms with Crippen LogP contribution in [0.2, 0.25) is 0 Å². The van der Waals surface area contributed by atoms with Crippen molar-refractivity contribution in [3.05, 3.63) is 47.8 Å². The van der Waals surface area contributed by atoms with Gasteiger partial charge in [-0.25, -0.2) is 0 Å². The fourth-order valence-corrected chi connectivity index (χ4v) is 1.64. The van der Waals surface area contributed by atoms with Gasteiger partial charge >= 0.3 is 0 Å². The fraction of sp³-hybridized carbons (Fsp3) is 0.267. The quantitative estimate of drug-likeness (QED) is 0.847. The first-order valence-electron chi connectivity index (χ1n) is 6.25. The molecule has 4 heteroatoms. The zero-order valence-electron chi connectivity index (χ0n) is 11.0. The van der Waals surface area contributed by atoms with Crippen LogP contribution in [-0.2, 0) is 13.2 Å². The molecule has 1 heterocycles. The predicted octanol–water partition coefficient (Wildman–Crippen LogP) is 1.79. The number of aryl methyl sites for hydroxylation is 1. The van der Waals surface area contributed by atoms with Gasteiger partial charge in [-0.15, -0.1) is 0 Å². The Hall–Kier alpha value is -2.25. The molecular weight excluding hydrogens is 238 g/mol. The molecule has 98 valence electrons. The van der Waals surface area contributed by atoms with Crippen LogP contribution in [0.1, 0.15) is 18.1 Å². The molecule has 0 saturated heterocycles. The van der Waals surface area contributed by atoms with Gasteiger partial charge in [0.05, 0.1) is 12.7 Å². The van der Waals surface area contributed by atoms with Crippen molar-refractivity contribution in [3.63, 3.8) is 0 Å². The van der Waals surface area contributed by atoms with Crippen molar-refractivity contribution in [2.45, 2.75) is 20.1 Å². The molecule has 19 heavy (non-hydrogen) atoms. The van der Waals surface area contributed by atoms with E-state index in [9.17, 15) is 0 Å². The minimum atomic E-state index is 0.362. The summed E-state index contributed by atoms with van der Waals surface area (Å²) < 4.78 is 7.59. The Balaban J connectivity index is 1.99. The van der Waals surface area contributed by atoms with Crippen LogP contribution in [0.15, 0.2) is 36.7 Å². The molecule has 0 saturated carbocycles. The monoisotopic (exact) mass is 255 g/mol. The predicted molar refractivity (Wildman–Crippen MR) is 74.6 cm³/mol. The molecule has 0 radical (unpaired) electrons. The van der Waals surface area contributed by atoms with Gasteiger partial charge in [0, 0.05) is 23.9 Å². The van der Waals surface area contributed by atoms with Crippen LogP contribution >= 0.6 is 0 Å². The third kappa shape index (κ3) is 3.87. The first-order valence-corrected chi connectivity index (χ1v) is 6.25. The second kappa shape index (κ2) is 6.62. The van der Waals surface area contributed by atoms with E-state index in [-0.39, 0.29) is 0 Å². The van der Waals surface area contributed by atoms with E-state index < -0.39 is 0 Å². The zero-order valence-corrected chi connectivity index (χ0v) is 11.0. The van der Waals surface area contributed by atoms with Gasteiger partial charge < -0.3 is 10.5 Å². The summed E-state index contributed by atoms with van der Waals surface area (Å²) in [6, 6.07) is 7.68. The Bertz CT molecular complexity index is 593. The third-order valence-electron chi connectivity index (χ3n) is 2.59. The van der Waals surface area contributed by atoms with Crippen molar-refractivity contribution in [1.82, 2.24) is 9.78 Å². The van der Waals surface area contributed by atoms with Crippen molar-refractivity contribution in [1.29, 1.82) is 0 Å². The molecule has 0 amide bonds. The van der Waals surface area contributed by atoms with E-state index in [0.717, 1.165) is 23.4 Å². The largest absolute Gasteiger partial charge is 0.489 e. The summed E-state index contributed by atoms with van der Waals surface area (Å²) in [6.45, 7) is 3.79. The number of hydrogen-bond acceptors (Lipinski definition) is 3. The van der Waals surface area contributed by atoms with Gasteiger partial charge in [-0.2, -0.15) is 5.10 Å².